The first kappa shape index (κ1) is 19.9. The second kappa shape index (κ2) is 9.37. The summed E-state index contributed by atoms with van der Waals surface area (Å²) in [4.78, 5) is 19.7. The molecular formula is C22H26N4OS. The lowest BCUT2D eigenvalue weighted by Gasteiger charge is -2.12. The Balaban J connectivity index is 1.52. The van der Waals surface area contributed by atoms with E-state index in [0.717, 1.165) is 35.0 Å². The Bertz CT molecular complexity index is 904. The number of aromatic nitrogens is 1. The van der Waals surface area contributed by atoms with Gasteiger partial charge in [0.05, 0.1) is 5.69 Å². The highest BCUT2D eigenvalue weighted by atomic mass is 32.1. The van der Waals surface area contributed by atoms with Crippen molar-refractivity contribution < 1.29 is 4.79 Å². The molecule has 1 heterocycles. The summed E-state index contributed by atoms with van der Waals surface area (Å²) in [7, 11) is 4.02. The van der Waals surface area contributed by atoms with Gasteiger partial charge in [-0.05, 0) is 36.6 Å². The first-order valence-electron chi connectivity index (χ1n) is 9.32. The quantitative estimate of drug-likeness (QED) is 0.604. The zero-order valence-corrected chi connectivity index (χ0v) is 17.3. The maximum Gasteiger partial charge on any atom is 0.263 e. The lowest BCUT2D eigenvalue weighted by molar-refractivity contribution is 0.0954. The van der Waals surface area contributed by atoms with Gasteiger partial charge in [-0.15, -0.1) is 0 Å². The maximum absolute atomic E-state index is 12.5. The Morgan fingerprint density at radius 3 is 2.43 bits per heavy atom. The fourth-order valence-corrected chi connectivity index (χ4v) is 3.72. The molecule has 3 rings (SSSR count). The Morgan fingerprint density at radius 2 is 1.75 bits per heavy atom. The van der Waals surface area contributed by atoms with Crippen molar-refractivity contribution in [2.24, 2.45) is 0 Å². The number of nitrogens with one attached hydrogen (secondary N) is 2. The van der Waals surface area contributed by atoms with Crippen molar-refractivity contribution in [3.63, 3.8) is 0 Å². The van der Waals surface area contributed by atoms with E-state index in [1.165, 1.54) is 16.9 Å². The molecule has 2 aromatic carbocycles. The van der Waals surface area contributed by atoms with Crippen molar-refractivity contribution in [2.45, 2.75) is 19.9 Å². The summed E-state index contributed by atoms with van der Waals surface area (Å²) in [6.07, 6.45) is 0.921. The largest absolute Gasteiger partial charge is 0.378 e. The summed E-state index contributed by atoms with van der Waals surface area (Å²) in [5.41, 5.74) is 4.25. The van der Waals surface area contributed by atoms with Crippen molar-refractivity contribution in [3.05, 3.63) is 76.3 Å². The molecule has 0 atom stereocenters. The molecule has 146 valence electrons. The van der Waals surface area contributed by atoms with Crippen LogP contribution in [-0.4, -0.2) is 31.5 Å². The lowest BCUT2D eigenvalue weighted by Crippen LogP contribution is -2.22. The number of thiazole rings is 1. The molecule has 0 unspecified atom stereocenters. The van der Waals surface area contributed by atoms with Gasteiger partial charge in [-0.3, -0.25) is 4.79 Å². The summed E-state index contributed by atoms with van der Waals surface area (Å²) in [5.74, 6) is -0.0807. The molecule has 0 saturated heterocycles. The van der Waals surface area contributed by atoms with Gasteiger partial charge in [-0.1, -0.05) is 53.8 Å². The highest BCUT2D eigenvalue weighted by Gasteiger charge is 2.15. The normalized spacial score (nSPS) is 10.5. The molecule has 1 aromatic heterocycles. The molecule has 0 fully saturated rings. The van der Waals surface area contributed by atoms with E-state index in [-0.39, 0.29) is 5.91 Å². The van der Waals surface area contributed by atoms with Crippen LogP contribution in [0.15, 0.2) is 54.6 Å². The Morgan fingerprint density at radius 1 is 1.04 bits per heavy atom. The number of anilines is 2. The molecular weight excluding hydrogens is 368 g/mol. The number of rotatable bonds is 8. The number of carbonyl (C=O) groups is 1. The van der Waals surface area contributed by atoms with Crippen LogP contribution in [0, 0.1) is 6.92 Å². The first-order chi connectivity index (χ1) is 13.5. The number of carbonyl (C=O) groups excluding carboxylic acids is 1. The minimum atomic E-state index is -0.0807. The molecule has 6 heteroatoms. The zero-order chi connectivity index (χ0) is 19.9. The molecule has 0 saturated carbocycles. The molecule has 0 radical (unpaired) electrons. The minimum Gasteiger partial charge on any atom is -0.378 e. The highest BCUT2D eigenvalue weighted by molar-refractivity contribution is 7.17. The van der Waals surface area contributed by atoms with Gasteiger partial charge in [0.15, 0.2) is 5.13 Å². The van der Waals surface area contributed by atoms with Gasteiger partial charge < -0.3 is 15.5 Å². The second-order valence-electron chi connectivity index (χ2n) is 6.84. The molecule has 0 aliphatic rings. The van der Waals surface area contributed by atoms with Gasteiger partial charge >= 0.3 is 0 Å². The molecule has 5 nitrogen and oxygen atoms in total. The zero-order valence-electron chi connectivity index (χ0n) is 16.5. The number of hydrogen-bond donors (Lipinski definition) is 2. The maximum atomic E-state index is 12.5. The third-order valence-electron chi connectivity index (χ3n) is 4.44. The van der Waals surface area contributed by atoms with Gasteiger partial charge in [-0.2, -0.15) is 0 Å². The van der Waals surface area contributed by atoms with Crippen molar-refractivity contribution >= 4 is 28.1 Å². The van der Waals surface area contributed by atoms with E-state index < -0.39 is 0 Å². The van der Waals surface area contributed by atoms with Crippen molar-refractivity contribution in [1.82, 2.24) is 10.3 Å². The van der Waals surface area contributed by atoms with E-state index in [1.54, 1.807) is 0 Å². The molecule has 0 aliphatic heterocycles. The molecule has 0 bridgehead atoms. The van der Waals surface area contributed by atoms with Gasteiger partial charge in [-0.25, -0.2) is 4.98 Å². The minimum absolute atomic E-state index is 0.0807. The van der Waals surface area contributed by atoms with Crippen LogP contribution in [0.1, 0.15) is 26.5 Å². The predicted octanol–water partition coefficient (Wildman–Crippen LogP) is 4.10. The lowest BCUT2D eigenvalue weighted by atomic mass is 10.2. The third kappa shape index (κ3) is 5.33. The highest BCUT2D eigenvalue weighted by Crippen LogP contribution is 2.22. The molecule has 3 aromatic rings. The van der Waals surface area contributed by atoms with Gasteiger partial charge in [0.1, 0.15) is 4.88 Å². The smallest absolute Gasteiger partial charge is 0.263 e. The molecule has 28 heavy (non-hydrogen) atoms. The van der Waals surface area contributed by atoms with E-state index in [1.807, 2.05) is 63.5 Å². The number of amides is 1. The summed E-state index contributed by atoms with van der Waals surface area (Å²) in [6, 6.07) is 18.5. The molecule has 0 spiro atoms. The van der Waals surface area contributed by atoms with Crippen LogP contribution in [0.3, 0.4) is 0 Å². The van der Waals surface area contributed by atoms with Crippen LogP contribution in [0.4, 0.5) is 10.8 Å². The van der Waals surface area contributed by atoms with E-state index in [9.17, 15) is 4.79 Å². The summed E-state index contributed by atoms with van der Waals surface area (Å²) in [6.45, 7) is 3.16. The van der Waals surface area contributed by atoms with E-state index in [2.05, 4.69) is 32.7 Å². The average molecular weight is 395 g/mol. The monoisotopic (exact) mass is 394 g/mol. The van der Waals surface area contributed by atoms with Crippen molar-refractivity contribution in [3.8, 4) is 0 Å². The van der Waals surface area contributed by atoms with Crippen LogP contribution in [0.5, 0.6) is 0 Å². The SMILES string of the molecule is Cc1nc(NCCc2ccccc2)sc1C(=O)NCc1ccc(N(C)C)cc1. The second-order valence-corrected chi connectivity index (χ2v) is 7.84. The van der Waals surface area contributed by atoms with E-state index in [4.69, 9.17) is 0 Å². The number of benzene rings is 2. The van der Waals surface area contributed by atoms with Gasteiger partial charge in [0.25, 0.3) is 5.91 Å². The number of hydrogen-bond acceptors (Lipinski definition) is 5. The van der Waals surface area contributed by atoms with Crippen LogP contribution >= 0.6 is 11.3 Å². The standard InChI is InChI=1S/C22H26N4OS/c1-16-20(21(27)24-15-18-9-11-19(12-10-18)26(2)3)28-22(25-16)23-14-13-17-7-5-4-6-8-17/h4-12H,13-15H2,1-3H3,(H,23,25)(H,24,27). The van der Waals surface area contributed by atoms with Gasteiger partial charge in [0.2, 0.25) is 0 Å². The first-order valence-corrected chi connectivity index (χ1v) is 10.1. The topological polar surface area (TPSA) is 57.3 Å². The summed E-state index contributed by atoms with van der Waals surface area (Å²) >= 11 is 1.40. The molecule has 1 amide bonds. The fraction of sp³-hybridized carbons (Fsp3) is 0.273. The average Bonchev–Trinajstić information content (AvgIpc) is 3.08. The van der Waals surface area contributed by atoms with Crippen LogP contribution in [0.25, 0.3) is 0 Å². The Kier molecular flexibility index (Phi) is 6.66. The Labute approximate surface area is 170 Å². The van der Waals surface area contributed by atoms with Crippen LogP contribution in [-0.2, 0) is 13.0 Å². The summed E-state index contributed by atoms with van der Waals surface area (Å²) < 4.78 is 0. The van der Waals surface area contributed by atoms with Crippen LogP contribution in [0.2, 0.25) is 0 Å². The van der Waals surface area contributed by atoms with E-state index >= 15 is 0 Å². The van der Waals surface area contributed by atoms with Crippen LogP contribution < -0.4 is 15.5 Å². The number of nitrogens with zero attached hydrogens (tertiary/aromatic N) is 2. The molecule has 2 N–H and O–H groups in total. The van der Waals surface area contributed by atoms with Gasteiger partial charge in [0, 0.05) is 32.9 Å². The van der Waals surface area contributed by atoms with Crippen molar-refractivity contribution in [2.75, 3.05) is 30.9 Å². The van der Waals surface area contributed by atoms with Crippen molar-refractivity contribution in [1.29, 1.82) is 0 Å². The summed E-state index contributed by atoms with van der Waals surface area (Å²) in [5, 5.41) is 7.10. The third-order valence-corrected chi connectivity index (χ3v) is 5.56. The predicted molar refractivity (Wildman–Crippen MR) is 117 cm³/mol. The number of aryl methyl sites for hydroxylation is 1. The molecule has 0 aliphatic carbocycles. The van der Waals surface area contributed by atoms with E-state index in [0.29, 0.717) is 11.4 Å². The fourth-order valence-electron chi connectivity index (χ4n) is 2.82. The Hall–Kier alpha value is -2.86.